The number of aryl methyl sites for hydroxylation is 3. The normalized spacial score (nSPS) is 14.1. The molecule has 1 saturated heterocycles. The third-order valence-electron chi connectivity index (χ3n) is 5.07. The number of ether oxygens (including phenoxy) is 1. The Morgan fingerprint density at radius 3 is 2.11 bits per heavy atom. The van der Waals surface area contributed by atoms with E-state index in [0.717, 1.165) is 22.3 Å². The maximum absolute atomic E-state index is 12.7. The molecule has 1 aliphatic heterocycles. The summed E-state index contributed by atoms with van der Waals surface area (Å²) in [6, 6.07) is 11.2. The monoisotopic (exact) mass is 400 g/mol. The van der Waals surface area contributed by atoms with E-state index in [9.17, 15) is 9.59 Å². The SMILES string of the molecule is Cc1ccccc1C(=O)N1CCN(C(=O)COc2cc(C)c(Cl)c(C)c2)CC1. The molecule has 0 radical (unpaired) electrons. The van der Waals surface area contributed by atoms with Gasteiger partial charge in [0.05, 0.1) is 0 Å². The van der Waals surface area contributed by atoms with Crippen molar-refractivity contribution in [2.24, 2.45) is 0 Å². The van der Waals surface area contributed by atoms with E-state index in [-0.39, 0.29) is 18.4 Å². The minimum Gasteiger partial charge on any atom is -0.484 e. The zero-order valence-corrected chi connectivity index (χ0v) is 17.3. The van der Waals surface area contributed by atoms with Crippen LogP contribution in [0.1, 0.15) is 27.0 Å². The molecule has 5 nitrogen and oxygen atoms in total. The van der Waals surface area contributed by atoms with Crippen molar-refractivity contribution in [1.82, 2.24) is 9.80 Å². The Morgan fingerprint density at radius 2 is 1.50 bits per heavy atom. The van der Waals surface area contributed by atoms with Crippen molar-refractivity contribution in [2.45, 2.75) is 20.8 Å². The van der Waals surface area contributed by atoms with Gasteiger partial charge in [-0.05, 0) is 55.7 Å². The lowest BCUT2D eigenvalue weighted by atomic mass is 10.1. The third kappa shape index (κ3) is 4.47. The van der Waals surface area contributed by atoms with Crippen molar-refractivity contribution in [2.75, 3.05) is 32.8 Å². The van der Waals surface area contributed by atoms with Crippen LogP contribution in [-0.2, 0) is 4.79 Å². The smallest absolute Gasteiger partial charge is 0.260 e. The number of halogens is 1. The second kappa shape index (κ2) is 8.65. The number of carbonyl (C=O) groups is 2. The molecule has 0 N–H and O–H groups in total. The predicted octanol–water partition coefficient (Wildman–Crippen LogP) is 3.63. The fourth-order valence-electron chi connectivity index (χ4n) is 3.37. The van der Waals surface area contributed by atoms with E-state index in [2.05, 4.69) is 0 Å². The van der Waals surface area contributed by atoms with Gasteiger partial charge in [0.2, 0.25) is 0 Å². The first-order valence-corrected chi connectivity index (χ1v) is 9.77. The summed E-state index contributed by atoms with van der Waals surface area (Å²) in [6.45, 7) is 7.81. The summed E-state index contributed by atoms with van der Waals surface area (Å²) in [6.07, 6.45) is 0. The van der Waals surface area contributed by atoms with Gasteiger partial charge in [-0.2, -0.15) is 0 Å². The average molecular weight is 401 g/mol. The molecule has 0 unspecified atom stereocenters. The lowest BCUT2D eigenvalue weighted by Gasteiger charge is -2.35. The quantitative estimate of drug-likeness (QED) is 0.787. The first-order valence-electron chi connectivity index (χ1n) is 9.39. The number of hydrogen-bond acceptors (Lipinski definition) is 3. The Morgan fingerprint density at radius 1 is 0.929 bits per heavy atom. The molecule has 0 atom stereocenters. The lowest BCUT2D eigenvalue weighted by Crippen LogP contribution is -2.51. The molecule has 0 aromatic heterocycles. The summed E-state index contributed by atoms with van der Waals surface area (Å²) in [5, 5.41) is 0.716. The van der Waals surface area contributed by atoms with Crippen molar-refractivity contribution >= 4 is 23.4 Å². The molecule has 3 rings (SSSR count). The topological polar surface area (TPSA) is 49.9 Å². The van der Waals surface area contributed by atoms with Crippen LogP contribution in [0.4, 0.5) is 0 Å². The first-order chi connectivity index (χ1) is 13.4. The Kier molecular flexibility index (Phi) is 6.25. The molecule has 1 aliphatic rings. The van der Waals surface area contributed by atoms with Gasteiger partial charge < -0.3 is 14.5 Å². The van der Waals surface area contributed by atoms with E-state index in [1.54, 1.807) is 9.80 Å². The Balaban J connectivity index is 1.53. The molecule has 0 aliphatic carbocycles. The van der Waals surface area contributed by atoms with Crippen molar-refractivity contribution in [3.8, 4) is 5.75 Å². The van der Waals surface area contributed by atoms with Crippen LogP contribution in [0.5, 0.6) is 5.75 Å². The van der Waals surface area contributed by atoms with Crippen LogP contribution in [0.25, 0.3) is 0 Å². The standard InChI is InChI=1S/C22H25ClN2O3/c1-15-6-4-5-7-19(15)22(27)25-10-8-24(9-11-25)20(26)14-28-18-12-16(2)21(23)17(3)13-18/h4-7,12-13H,8-11,14H2,1-3H3. The van der Waals surface area contributed by atoms with Gasteiger partial charge in [0.25, 0.3) is 11.8 Å². The number of carbonyl (C=O) groups excluding carboxylic acids is 2. The molecule has 0 spiro atoms. The fraction of sp³-hybridized carbons (Fsp3) is 0.364. The van der Waals surface area contributed by atoms with Gasteiger partial charge in [-0.1, -0.05) is 29.8 Å². The van der Waals surface area contributed by atoms with Crippen molar-refractivity contribution in [3.05, 3.63) is 63.7 Å². The number of piperazine rings is 1. The van der Waals surface area contributed by atoms with Crippen LogP contribution >= 0.6 is 11.6 Å². The molecular formula is C22H25ClN2O3. The van der Waals surface area contributed by atoms with E-state index >= 15 is 0 Å². The van der Waals surface area contributed by atoms with Crippen LogP contribution in [0.2, 0.25) is 5.02 Å². The van der Waals surface area contributed by atoms with Gasteiger partial charge in [0.1, 0.15) is 5.75 Å². The number of amides is 2. The van der Waals surface area contributed by atoms with E-state index < -0.39 is 0 Å². The molecule has 0 saturated carbocycles. The van der Waals surface area contributed by atoms with Crippen molar-refractivity contribution in [3.63, 3.8) is 0 Å². The summed E-state index contributed by atoms with van der Waals surface area (Å²) in [5.74, 6) is 0.586. The fourth-order valence-corrected chi connectivity index (χ4v) is 3.48. The molecule has 0 bridgehead atoms. The predicted molar refractivity (Wildman–Crippen MR) is 110 cm³/mol. The maximum Gasteiger partial charge on any atom is 0.260 e. The van der Waals surface area contributed by atoms with Crippen molar-refractivity contribution in [1.29, 1.82) is 0 Å². The van der Waals surface area contributed by atoms with Gasteiger partial charge in [-0.3, -0.25) is 9.59 Å². The summed E-state index contributed by atoms with van der Waals surface area (Å²) in [5.41, 5.74) is 3.53. The molecule has 1 heterocycles. The Labute approximate surface area is 170 Å². The summed E-state index contributed by atoms with van der Waals surface area (Å²) >= 11 is 6.16. The van der Waals surface area contributed by atoms with E-state index in [4.69, 9.17) is 16.3 Å². The first kappa shape index (κ1) is 20.2. The number of benzene rings is 2. The largest absolute Gasteiger partial charge is 0.484 e. The summed E-state index contributed by atoms with van der Waals surface area (Å²) in [7, 11) is 0. The highest BCUT2D eigenvalue weighted by molar-refractivity contribution is 6.32. The molecular weight excluding hydrogens is 376 g/mol. The highest BCUT2D eigenvalue weighted by Crippen LogP contribution is 2.25. The highest BCUT2D eigenvalue weighted by atomic mass is 35.5. The Hall–Kier alpha value is -2.53. The van der Waals surface area contributed by atoms with Crippen LogP contribution in [0.3, 0.4) is 0 Å². The molecule has 1 fully saturated rings. The van der Waals surface area contributed by atoms with Crippen LogP contribution in [0.15, 0.2) is 36.4 Å². The minimum atomic E-state index is -0.0757. The second-order valence-corrected chi connectivity index (χ2v) is 7.53. The minimum absolute atomic E-state index is 0.0216. The van der Waals surface area contributed by atoms with Crippen LogP contribution in [-0.4, -0.2) is 54.4 Å². The second-order valence-electron chi connectivity index (χ2n) is 7.15. The number of hydrogen-bond donors (Lipinski definition) is 0. The number of nitrogens with zero attached hydrogens (tertiary/aromatic N) is 2. The maximum atomic E-state index is 12.7. The van der Waals surface area contributed by atoms with Gasteiger partial charge in [0, 0.05) is 36.8 Å². The van der Waals surface area contributed by atoms with Gasteiger partial charge in [-0.15, -0.1) is 0 Å². The van der Waals surface area contributed by atoms with E-state index in [1.165, 1.54) is 0 Å². The summed E-state index contributed by atoms with van der Waals surface area (Å²) < 4.78 is 5.67. The van der Waals surface area contributed by atoms with Crippen LogP contribution in [0, 0.1) is 20.8 Å². The Bertz CT molecular complexity index is 866. The molecule has 28 heavy (non-hydrogen) atoms. The summed E-state index contributed by atoms with van der Waals surface area (Å²) in [4.78, 5) is 28.7. The van der Waals surface area contributed by atoms with Gasteiger partial charge in [0.15, 0.2) is 6.61 Å². The molecule has 6 heteroatoms. The number of rotatable bonds is 4. The highest BCUT2D eigenvalue weighted by Gasteiger charge is 2.25. The van der Waals surface area contributed by atoms with Gasteiger partial charge >= 0.3 is 0 Å². The van der Waals surface area contributed by atoms with E-state index in [1.807, 2.05) is 57.2 Å². The lowest BCUT2D eigenvalue weighted by molar-refractivity contribution is -0.134. The average Bonchev–Trinajstić information content (AvgIpc) is 2.70. The zero-order valence-electron chi connectivity index (χ0n) is 16.5. The zero-order chi connectivity index (χ0) is 20.3. The van der Waals surface area contributed by atoms with E-state index in [0.29, 0.717) is 37.0 Å². The van der Waals surface area contributed by atoms with Crippen LogP contribution < -0.4 is 4.74 Å². The molecule has 2 aromatic carbocycles. The van der Waals surface area contributed by atoms with Crippen molar-refractivity contribution < 1.29 is 14.3 Å². The molecule has 148 valence electrons. The van der Waals surface area contributed by atoms with Gasteiger partial charge in [-0.25, -0.2) is 0 Å². The third-order valence-corrected chi connectivity index (χ3v) is 5.66. The molecule has 2 aromatic rings. The molecule has 2 amide bonds.